The number of carboxylic acids is 1. The molecule has 31 heavy (non-hydrogen) atoms. The van der Waals surface area contributed by atoms with Crippen LogP contribution >= 0.6 is 0 Å². The van der Waals surface area contributed by atoms with Gasteiger partial charge in [-0.15, -0.1) is 0 Å². The summed E-state index contributed by atoms with van der Waals surface area (Å²) in [4.78, 5) is 23.1. The Morgan fingerprint density at radius 2 is 1.77 bits per heavy atom. The van der Waals surface area contributed by atoms with Gasteiger partial charge < -0.3 is 15.2 Å². The van der Waals surface area contributed by atoms with Gasteiger partial charge in [-0.1, -0.05) is 37.6 Å². The summed E-state index contributed by atoms with van der Waals surface area (Å²) < 4.78 is 8.00. The Morgan fingerprint density at radius 3 is 2.32 bits per heavy atom. The van der Waals surface area contributed by atoms with Crippen LogP contribution in [0.25, 0.3) is 11.1 Å². The molecule has 0 bridgehead atoms. The second-order valence-corrected chi connectivity index (χ2v) is 7.48. The van der Waals surface area contributed by atoms with E-state index >= 15 is 0 Å². The van der Waals surface area contributed by atoms with E-state index in [1.54, 1.807) is 16.8 Å². The van der Waals surface area contributed by atoms with E-state index in [9.17, 15) is 9.59 Å². The number of carbonyl (C=O) groups excluding carboxylic acids is 1. The highest BCUT2D eigenvalue weighted by atomic mass is 16.5. The molecule has 1 aromatic heterocycles. The zero-order chi connectivity index (χ0) is 22.4. The number of hydrogen-bond acceptors (Lipinski definition) is 4. The van der Waals surface area contributed by atoms with Gasteiger partial charge in [-0.3, -0.25) is 14.3 Å². The van der Waals surface area contributed by atoms with Gasteiger partial charge in [-0.05, 0) is 48.7 Å². The Morgan fingerprint density at radius 1 is 1.10 bits per heavy atom. The van der Waals surface area contributed by atoms with Crippen LogP contribution in [0.3, 0.4) is 0 Å². The summed E-state index contributed by atoms with van der Waals surface area (Å²) in [6, 6.07) is 14.0. The van der Waals surface area contributed by atoms with Crippen LogP contribution in [0, 0.1) is 0 Å². The van der Waals surface area contributed by atoms with Crippen molar-refractivity contribution in [2.75, 3.05) is 0 Å². The normalized spacial score (nSPS) is 12.7. The maximum Gasteiger partial charge on any atom is 0.325 e. The van der Waals surface area contributed by atoms with Gasteiger partial charge >= 0.3 is 5.97 Å². The molecule has 162 valence electrons. The van der Waals surface area contributed by atoms with Crippen molar-refractivity contribution in [1.82, 2.24) is 15.1 Å². The van der Waals surface area contributed by atoms with Crippen molar-refractivity contribution >= 4 is 11.9 Å². The Balaban J connectivity index is 1.70. The van der Waals surface area contributed by atoms with Crippen molar-refractivity contribution in [3.63, 3.8) is 0 Å². The largest absolute Gasteiger partial charge is 0.486 e. The van der Waals surface area contributed by atoms with Gasteiger partial charge in [0, 0.05) is 24.4 Å². The van der Waals surface area contributed by atoms with E-state index < -0.39 is 17.9 Å². The Hall–Kier alpha value is -3.61. The summed E-state index contributed by atoms with van der Waals surface area (Å²) in [6.07, 6.45) is 5.40. The van der Waals surface area contributed by atoms with E-state index in [0.717, 1.165) is 35.3 Å². The first kappa shape index (κ1) is 22.1. The predicted octanol–water partition coefficient (Wildman–Crippen LogP) is 4.21. The number of rotatable bonds is 9. The maximum atomic E-state index is 12.2. The molecule has 3 rings (SSSR count). The number of nitrogens with zero attached hydrogens (tertiary/aromatic N) is 2. The van der Waals surface area contributed by atoms with Gasteiger partial charge in [-0.2, -0.15) is 5.10 Å². The first-order valence-electron chi connectivity index (χ1n) is 10.3. The minimum Gasteiger partial charge on any atom is -0.486 e. The van der Waals surface area contributed by atoms with E-state index in [-0.39, 0.29) is 6.10 Å². The highest BCUT2D eigenvalue weighted by Gasteiger charge is 2.17. The lowest BCUT2D eigenvalue weighted by atomic mass is 10.0. The van der Waals surface area contributed by atoms with E-state index in [4.69, 9.17) is 9.84 Å². The number of ether oxygens (including phenoxy) is 1. The second kappa shape index (κ2) is 9.93. The SMILES string of the molecule is CCCC(Oc1ccc(-c2cnn(C)c2)cc1)c1ccc(C(=O)NC(C)C(=O)O)cc1. The molecule has 3 aromatic rings. The highest BCUT2D eigenvalue weighted by Crippen LogP contribution is 2.28. The summed E-state index contributed by atoms with van der Waals surface area (Å²) in [5.74, 6) is -0.723. The molecule has 1 heterocycles. The molecule has 0 saturated heterocycles. The van der Waals surface area contributed by atoms with Crippen molar-refractivity contribution in [3.05, 3.63) is 72.1 Å². The summed E-state index contributed by atoms with van der Waals surface area (Å²) in [5, 5.41) is 15.6. The number of nitrogens with one attached hydrogen (secondary N) is 1. The first-order chi connectivity index (χ1) is 14.9. The number of aryl methyl sites for hydroxylation is 1. The summed E-state index contributed by atoms with van der Waals surface area (Å²) in [7, 11) is 1.89. The number of amides is 1. The van der Waals surface area contributed by atoms with Crippen LogP contribution in [0.5, 0.6) is 5.75 Å². The number of aliphatic carboxylic acids is 1. The molecule has 2 atom stereocenters. The lowest BCUT2D eigenvalue weighted by molar-refractivity contribution is -0.138. The smallest absolute Gasteiger partial charge is 0.325 e. The van der Waals surface area contributed by atoms with Gasteiger partial charge in [0.15, 0.2) is 0 Å². The fraction of sp³-hybridized carbons (Fsp3) is 0.292. The molecule has 0 aliphatic carbocycles. The molecule has 0 aliphatic heterocycles. The third-order valence-electron chi connectivity index (χ3n) is 4.98. The van der Waals surface area contributed by atoms with Crippen molar-refractivity contribution in [3.8, 4) is 16.9 Å². The molecule has 0 fully saturated rings. The van der Waals surface area contributed by atoms with E-state index in [0.29, 0.717) is 5.56 Å². The molecule has 0 spiro atoms. The van der Waals surface area contributed by atoms with E-state index in [1.807, 2.05) is 55.8 Å². The molecule has 7 nitrogen and oxygen atoms in total. The van der Waals surface area contributed by atoms with Gasteiger partial charge in [0.25, 0.3) is 5.91 Å². The van der Waals surface area contributed by atoms with Gasteiger partial charge in [-0.25, -0.2) is 0 Å². The number of benzene rings is 2. The number of aromatic nitrogens is 2. The van der Waals surface area contributed by atoms with Crippen molar-refractivity contribution in [2.24, 2.45) is 7.05 Å². The molecule has 2 unspecified atom stereocenters. The van der Waals surface area contributed by atoms with Crippen LogP contribution in [0.4, 0.5) is 0 Å². The van der Waals surface area contributed by atoms with Crippen LogP contribution in [0.2, 0.25) is 0 Å². The van der Waals surface area contributed by atoms with Crippen molar-refractivity contribution in [1.29, 1.82) is 0 Å². The molecule has 0 saturated carbocycles. The fourth-order valence-electron chi connectivity index (χ4n) is 3.21. The monoisotopic (exact) mass is 421 g/mol. The summed E-state index contributed by atoms with van der Waals surface area (Å²) in [5.41, 5.74) is 3.48. The lowest BCUT2D eigenvalue weighted by Crippen LogP contribution is -2.38. The van der Waals surface area contributed by atoms with Crippen LogP contribution < -0.4 is 10.1 Å². The van der Waals surface area contributed by atoms with Crippen LogP contribution in [-0.4, -0.2) is 32.8 Å². The average molecular weight is 421 g/mol. The zero-order valence-corrected chi connectivity index (χ0v) is 17.9. The lowest BCUT2D eigenvalue weighted by Gasteiger charge is -2.20. The van der Waals surface area contributed by atoms with Crippen LogP contribution in [0.1, 0.15) is 48.7 Å². The predicted molar refractivity (Wildman–Crippen MR) is 118 cm³/mol. The minimum absolute atomic E-state index is 0.149. The summed E-state index contributed by atoms with van der Waals surface area (Å²) in [6.45, 7) is 3.52. The zero-order valence-electron chi connectivity index (χ0n) is 17.9. The minimum atomic E-state index is -1.07. The van der Waals surface area contributed by atoms with Gasteiger partial charge in [0.05, 0.1) is 6.20 Å². The molecular formula is C24H27N3O4. The maximum absolute atomic E-state index is 12.2. The van der Waals surface area contributed by atoms with E-state index in [2.05, 4.69) is 17.3 Å². The van der Waals surface area contributed by atoms with Crippen molar-refractivity contribution < 1.29 is 19.4 Å². The quantitative estimate of drug-likeness (QED) is 0.540. The summed E-state index contributed by atoms with van der Waals surface area (Å²) >= 11 is 0. The Kier molecular flexibility index (Phi) is 7.07. The fourth-order valence-corrected chi connectivity index (χ4v) is 3.21. The standard InChI is InChI=1S/C24H27N3O4/c1-4-5-22(18-6-8-19(9-7-18)23(28)26-16(2)24(29)30)31-21-12-10-17(11-13-21)20-14-25-27(3)15-20/h6-16,22H,4-5H2,1-3H3,(H,26,28)(H,29,30). The topological polar surface area (TPSA) is 93.5 Å². The molecule has 7 heteroatoms. The molecule has 0 radical (unpaired) electrons. The van der Waals surface area contributed by atoms with Crippen LogP contribution in [0.15, 0.2) is 60.9 Å². The highest BCUT2D eigenvalue weighted by molar-refractivity contribution is 5.96. The molecule has 2 aromatic carbocycles. The Bertz CT molecular complexity index is 1030. The van der Waals surface area contributed by atoms with Crippen LogP contribution in [-0.2, 0) is 11.8 Å². The van der Waals surface area contributed by atoms with Gasteiger partial charge in [0.1, 0.15) is 17.9 Å². The molecule has 0 aliphatic rings. The number of hydrogen-bond donors (Lipinski definition) is 2. The van der Waals surface area contributed by atoms with E-state index in [1.165, 1.54) is 6.92 Å². The Labute approximate surface area is 181 Å². The molecular weight excluding hydrogens is 394 g/mol. The second-order valence-electron chi connectivity index (χ2n) is 7.48. The molecule has 1 amide bonds. The van der Waals surface area contributed by atoms with Crippen molar-refractivity contribution in [2.45, 2.75) is 38.8 Å². The first-order valence-corrected chi connectivity index (χ1v) is 10.3. The molecule has 2 N–H and O–H groups in total. The average Bonchev–Trinajstić information content (AvgIpc) is 3.20. The number of carbonyl (C=O) groups is 2. The third-order valence-corrected chi connectivity index (χ3v) is 4.98. The number of carboxylic acid groups (broad SMARTS) is 1. The third kappa shape index (κ3) is 5.72. The van der Waals surface area contributed by atoms with Gasteiger partial charge in [0.2, 0.25) is 0 Å².